The number of hydrogen-bond acceptors (Lipinski definition) is 4. The fourth-order valence-electron chi connectivity index (χ4n) is 1.41. The molecular formula is C10H9N3O3. The van der Waals surface area contributed by atoms with Crippen LogP contribution in [-0.4, -0.2) is 19.6 Å². The third-order valence-electron chi connectivity index (χ3n) is 2.15. The van der Waals surface area contributed by atoms with E-state index in [1.54, 1.807) is 24.4 Å². The second-order valence-electron chi connectivity index (χ2n) is 3.18. The molecule has 2 rings (SSSR count). The minimum absolute atomic E-state index is 0.00406. The molecule has 0 unspecified atom stereocenters. The molecule has 0 spiro atoms. The van der Waals surface area contributed by atoms with E-state index >= 15 is 0 Å². The fraction of sp³-hybridized carbons (Fsp3) is 0.100. The van der Waals surface area contributed by atoms with Gasteiger partial charge in [0.2, 0.25) is 0 Å². The van der Waals surface area contributed by atoms with E-state index in [9.17, 15) is 10.1 Å². The van der Waals surface area contributed by atoms with E-state index in [2.05, 4.69) is 4.98 Å². The number of para-hydroxylation sites is 2. The molecule has 0 aliphatic heterocycles. The maximum atomic E-state index is 10.8. The summed E-state index contributed by atoms with van der Waals surface area (Å²) in [6.45, 7) is -0.187. The molecule has 1 heterocycles. The van der Waals surface area contributed by atoms with E-state index < -0.39 is 4.92 Å². The normalized spacial score (nSPS) is 10.3. The Balaban J connectivity index is 2.50. The molecule has 0 atom stereocenters. The van der Waals surface area contributed by atoms with E-state index in [4.69, 9.17) is 5.11 Å². The topological polar surface area (TPSA) is 81.2 Å². The first-order valence-electron chi connectivity index (χ1n) is 4.60. The number of rotatable bonds is 3. The average Bonchev–Trinajstić information content (AvgIpc) is 2.77. The van der Waals surface area contributed by atoms with Gasteiger partial charge in [0.25, 0.3) is 5.69 Å². The maximum Gasteiger partial charge on any atom is 0.293 e. The summed E-state index contributed by atoms with van der Waals surface area (Å²) in [7, 11) is 0. The van der Waals surface area contributed by atoms with Gasteiger partial charge in [-0.05, 0) is 6.07 Å². The van der Waals surface area contributed by atoms with E-state index in [1.165, 1.54) is 17.0 Å². The quantitative estimate of drug-likeness (QED) is 0.622. The molecule has 16 heavy (non-hydrogen) atoms. The number of nitro benzene ring substituents is 1. The first-order valence-corrected chi connectivity index (χ1v) is 4.60. The van der Waals surface area contributed by atoms with Crippen molar-refractivity contribution in [3.63, 3.8) is 0 Å². The van der Waals surface area contributed by atoms with Crippen LogP contribution in [0.3, 0.4) is 0 Å². The summed E-state index contributed by atoms with van der Waals surface area (Å²) in [5, 5.41) is 19.7. The van der Waals surface area contributed by atoms with E-state index in [1.807, 2.05) is 0 Å². The number of aliphatic hydroxyl groups is 1. The van der Waals surface area contributed by atoms with Crippen LogP contribution in [0, 0.1) is 10.1 Å². The van der Waals surface area contributed by atoms with Crippen LogP contribution in [0.1, 0.15) is 5.69 Å². The van der Waals surface area contributed by atoms with Crippen molar-refractivity contribution in [1.82, 2.24) is 9.55 Å². The van der Waals surface area contributed by atoms with Crippen molar-refractivity contribution >= 4 is 5.69 Å². The number of benzene rings is 1. The molecule has 0 amide bonds. The molecule has 0 saturated carbocycles. The molecule has 1 aromatic heterocycles. The predicted octanol–water partition coefficient (Wildman–Crippen LogP) is 1.27. The predicted molar refractivity (Wildman–Crippen MR) is 56.1 cm³/mol. The van der Waals surface area contributed by atoms with Crippen molar-refractivity contribution in [2.24, 2.45) is 0 Å². The summed E-state index contributed by atoms with van der Waals surface area (Å²) in [4.78, 5) is 14.2. The van der Waals surface area contributed by atoms with Crippen LogP contribution in [-0.2, 0) is 6.61 Å². The lowest BCUT2D eigenvalue weighted by Crippen LogP contribution is -1.97. The SMILES string of the molecule is O=[N+]([O-])c1ccccc1-n1cnc(CO)c1. The zero-order chi connectivity index (χ0) is 11.5. The molecule has 0 radical (unpaired) electrons. The van der Waals surface area contributed by atoms with E-state index in [0.29, 0.717) is 11.4 Å². The number of aliphatic hydroxyl groups excluding tert-OH is 1. The van der Waals surface area contributed by atoms with Crippen molar-refractivity contribution in [3.05, 3.63) is 52.6 Å². The van der Waals surface area contributed by atoms with Crippen LogP contribution in [0.4, 0.5) is 5.69 Å². The van der Waals surface area contributed by atoms with Gasteiger partial charge in [-0.3, -0.25) is 14.7 Å². The molecule has 2 aromatic rings. The van der Waals surface area contributed by atoms with Gasteiger partial charge in [0.05, 0.1) is 23.6 Å². The highest BCUT2D eigenvalue weighted by atomic mass is 16.6. The van der Waals surface area contributed by atoms with Crippen molar-refractivity contribution in [2.45, 2.75) is 6.61 Å². The van der Waals surface area contributed by atoms with Gasteiger partial charge in [-0.1, -0.05) is 12.1 Å². The average molecular weight is 219 g/mol. The van der Waals surface area contributed by atoms with Crippen LogP contribution >= 0.6 is 0 Å². The van der Waals surface area contributed by atoms with Crippen LogP contribution in [0.25, 0.3) is 5.69 Å². The monoisotopic (exact) mass is 219 g/mol. The Kier molecular flexibility index (Phi) is 2.65. The Morgan fingerprint density at radius 1 is 1.44 bits per heavy atom. The minimum atomic E-state index is -0.450. The largest absolute Gasteiger partial charge is 0.390 e. The molecule has 6 heteroatoms. The summed E-state index contributed by atoms with van der Waals surface area (Å²) in [6.07, 6.45) is 3.00. The third-order valence-corrected chi connectivity index (χ3v) is 2.15. The van der Waals surface area contributed by atoms with Gasteiger partial charge in [0.1, 0.15) is 5.69 Å². The molecule has 82 valence electrons. The van der Waals surface area contributed by atoms with Gasteiger partial charge in [0.15, 0.2) is 0 Å². The van der Waals surface area contributed by atoms with Crippen LogP contribution in [0.15, 0.2) is 36.8 Å². The van der Waals surface area contributed by atoms with Crippen LogP contribution in [0.2, 0.25) is 0 Å². The van der Waals surface area contributed by atoms with Gasteiger partial charge in [-0.25, -0.2) is 4.98 Å². The summed E-state index contributed by atoms with van der Waals surface area (Å²) >= 11 is 0. The lowest BCUT2D eigenvalue weighted by atomic mass is 10.2. The van der Waals surface area contributed by atoms with Gasteiger partial charge >= 0.3 is 0 Å². The summed E-state index contributed by atoms with van der Waals surface area (Å²) < 4.78 is 1.52. The molecular weight excluding hydrogens is 210 g/mol. The number of nitrogens with zero attached hydrogens (tertiary/aromatic N) is 3. The molecule has 0 aliphatic carbocycles. The van der Waals surface area contributed by atoms with Crippen molar-refractivity contribution in [2.75, 3.05) is 0 Å². The Morgan fingerprint density at radius 3 is 2.81 bits per heavy atom. The first kappa shape index (κ1) is 10.3. The first-order chi connectivity index (χ1) is 7.72. The Hall–Kier alpha value is -2.21. The lowest BCUT2D eigenvalue weighted by Gasteiger charge is -2.02. The highest BCUT2D eigenvalue weighted by Gasteiger charge is 2.13. The summed E-state index contributed by atoms with van der Waals surface area (Å²) in [6, 6.07) is 6.36. The second kappa shape index (κ2) is 4.11. The highest BCUT2D eigenvalue weighted by Crippen LogP contribution is 2.21. The molecule has 1 aromatic carbocycles. The summed E-state index contributed by atoms with van der Waals surface area (Å²) in [5.41, 5.74) is 0.905. The third kappa shape index (κ3) is 1.78. The number of hydrogen-bond donors (Lipinski definition) is 1. The Bertz CT molecular complexity index is 522. The van der Waals surface area contributed by atoms with Crippen LogP contribution < -0.4 is 0 Å². The Morgan fingerprint density at radius 2 is 2.19 bits per heavy atom. The lowest BCUT2D eigenvalue weighted by molar-refractivity contribution is -0.384. The number of nitro groups is 1. The zero-order valence-electron chi connectivity index (χ0n) is 8.28. The molecule has 0 saturated heterocycles. The van der Waals surface area contributed by atoms with Crippen LogP contribution in [0.5, 0.6) is 0 Å². The second-order valence-corrected chi connectivity index (χ2v) is 3.18. The smallest absolute Gasteiger partial charge is 0.293 e. The maximum absolute atomic E-state index is 10.8. The summed E-state index contributed by atoms with van der Waals surface area (Å²) in [5.74, 6) is 0. The van der Waals surface area contributed by atoms with Crippen molar-refractivity contribution in [3.8, 4) is 5.69 Å². The van der Waals surface area contributed by atoms with Crippen molar-refractivity contribution < 1.29 is 10.0 Å². The zero-order valence-corrected chi connectivity index (χ0v) is 8.28. The Labute approximate surface area is 90.9 Å². The molecule has 6 nitrogen and oxygen atoms in total. The molecule has 1 N–H and O–H groups in total. The van der Waals surface area contributed by atoms with Crippen molar-refractivity contribution in [1.29, 1.82) is 0 Å². The molecule has 0 bridgehead atoms. The molecule has 0 fully saturated rings. The molecule has 0 aliphatic rings. The minimum Gasteiger partial charge on any atom is -0.390 e. The van der Waals surface area contributed by atoms with Gasteiger partial charge in [-0.15, -0.1) is 0 Å². The fourth-order valence-corrected chi connectivity index (χ4v) is 1.41. The van der Waals surface area contributed by atoms with E-state index in [0.717, 1.165) is 0 Å². The number of aromatic nitrogens is 2. The van der Waals surface area contributed by atoms with Gasteiger partial charge in [-0.2, -0.15) is 0 Å². The highest BCUT2D eigenvalue weighted by molar-refractivity contribution is 5.52. The van der Waals surface area contributed by atoms with Gasteiger partial charge < -0.3 is 5.11 Å². The van der Waals surface area contributed by atoms with E-state index in [-0.39, 0.29) is 12.3 Å². The van der Waals surface area contributed by atoms with Gasteiger partial charge in [0, 0.05) is 12.3 Å². The number of imidazole rings is 1. The standard InChI is InChI=1S/C10H9N3O3/c14-6-8-5-12(7-11-8)9-3-1-2-4-10(9)13(15)16/h1-5,7,14H,6H2.